The number of nitrogens with one attached hydrogen (secondary N) is 2. The van der Waals surface area contributed by atoms with Crippen molar-refractivity contribution in [3.05, 3.63) is 94.2 Å². The van der Waals surface area contributed by atoms with E-state index in [1.807, 2.05) is 0 Å². The van der Waals surface area contributed by atoms with Gasteiger partial charge < -0.3 is 10.1 Å². The summed E-state index contributed by atoms with van der Waals surface area (Å²) in [5.74, 6) is -1.85. The number of nitrogens with zero attached hydrogens (tertiary/aromatic N) is 1. The Kier molecular flexibility index (Phi) is 7.33. The lowest BCUT2D eigenvalue weighted by Crippen LogP contribution is -2.54. The zero-order chi connectivity index (χ0) is 24.9. The molecule has 0 saturated carbocycles. The molecule has 0 bridgehead atoms. The van der Waals surface area contributed by atoms with E-state index in [9.17, 15) is 18.8 Å². The van der Waals surface area contributed by atoms with E-state index in [0.29, 0.717) is 21.4 Å². The Balaban J connectivity index is 1.57. The Morgan fingerprint density at radius 2 is 1.80 bits per heavy atom. The van der Waals surface area contributed by atoms with Crippen molar-refractivity contribution in [1.29, 1.82) is 0 Å². The molecule has 1 aliphatic rings. The SMILES string of the molecule is O=C(COc1ccc(Br)cc1/C=C1/C(=O)NC(=S)N(c2ccccc2)C1=O)Nc1ccc(F)cc1. The minimum absolute atomic E-state index is 0.0217. The van der Waals surface area contributed by atoms with Crippen molar-refractivity contribution in [2.45, 2.75) is 0 Å². The molecule has 0 unspecified atom stereocenters. The fourth-order valence-corrected chi connectivity index (χ4v) is 3.92. The maximum Gasteiger partial charge on any atom is 0.270 e. The highest BCUT2D eigenvalue weighted by molar-refractivity contribution is 9.10. The van der Waals surface area contributed by atoms with Crippen LogP contribution in [0.4, 0.5) is 15.8 Å². The summed E-state index contributed by atoms with van der Waals surface area (Å²) in [6.45, 7) is -0.352. The van der Waals surface area contributed by atoms with Crippen LogP contribution in [-0.4, -0.2) is 29.4 Å². The fourth-order valence-electron chi connectivity index (χ4n) is 3.26. The number of anilines is 2. The van der Waals surface area contributed by atoms with Gasteiger partial charge in [-0.15, -0.1) is 0 Å². The summed E-state index contributed by atoms with van der Waals surface area (Å²) in [6, 6.07) is 19.0. The third-order valence-corrected chi connectivity index (χ3v) is 5.65. The summed E-state index contributed by atoms with van der Waals surface area (Å²) >= 11 is 8.58. The van der Waals surface area contributed by atoms with Gasteiger partial charge in [-0.25, -0.2) is 4.39 Å². The number of carbonyl (C=O) groups is 3. The van der Waals surface area contributed by atoms with E-state index in [1.165, 1.54) is 35.2 Å². The maximum absolute atomic E-state index is 13.2. The third-order valence-electron chi connectivity index (χ3n) is 4.87. The van der Waals surface area contributed by atoms with Gasteiger partial charge in [-0.2, -0.15) is 0 Å². The van der Waals surface area contributed by atoms with Gasteiger partial charge in [0.15, 0.2) is 11.7 Å². The fraction of sp³-hybridized carbons (Fsp3) is 0.0400. The molecule has 2 N–H and O–H groups in total. The lowest BCUT2D eigenvalue weighted by Gasteiger charge is -2.29. The van der Waals surface area contributed by atoms with Crippen LogP contribution in [0.2, 0.25) is 0 Å². The Morgan fingerprint density at radius 3 is 2.51 bits per heavy atom. The summed E-state index contributed by atoms with van der Waals surface area (Å²) in [7, 11) is 0. The number of carbonyl (C=O) groups excluding carboxylic acids is 3. The van der Waals surface area contributed by atoms with Gasteiger partial charge in [0.1, 0.15) is 17.1 Å². The first kappa shape index (κ1) is 24.2. The van der Waals surface area contributed by atoms with Gasteiger partial charge >= 0.3 is 0 Å². The summed E-state index contributed by atoms with van der Waals surface area (Å²) in [4.78, 5) is 39.4. The van der Waals surface area contributed by atoms with Crippen molar-refractivity contribution in [2.24, 2.45) is 0 Å². The second-order valence-electron chi connectivity index (χ2n) is 7.32. The van der Waals surface area contributed by atoms with Crippen molar-refractivity contribution in [3.63, 3.8) is 0 Å². The van der Waals surface area contributed by atoms with Crippen LogP contribution in [-0.2, 0) is 14.4 Å². The molecular weight excluding hydrogens is 537 g/mol. The lowest BCUT2D eigenvalue weighted by atomic mass is 10.1. The number of benzene rings is 3. The van der Waals surface area contributed by atoms with Crippen LogP contribution >= 0.6 is 28.1 Å². The molecular formula is C25H17BrFN3O4S. The number of amides is 3. The Hall–Kier alpha value is -3.89. The van der Waals surface area contributed by atoms with Crippen LogP contribution < -0.4 is 20.3 Å². The average Bonchev–Trinajstić information content (AvgIpc) is 2.83. The summed E-state index contributed by atoms with van der Waals surface area (Å²) < 4.78 is 19.4. The van der Waals surface area contributed by atoms with Gasteiger partial charge in [-0.3, -0.25) is 24.6 Å². The molecule has 0 spiro atoms. The molecule has 176 valence electrons. The van der Waals surface area contributed by atoms with E-state index in [1.54, 1.807) is 48.5 Å². The standard InChI is InChI=1S/C25H17BrFN3O4S/c26-16-6-11-21(34-14-22(31)28-18-9-7-17(27)8-10-18)15(12-16)13-20-23(32)29-25(35)30(24(20)33)19-4-2-1-3-5-19/h1-13H,14H2,(H,28,31)(H,29,32,35)/b20-13-. The average molecular weight is 554 g/mol. The molecule has 3 aromatic carbocycles. The van der Waals surface area contributed by atoms with E-state index in [-0.39, 0.29) is 23.0 Å². The summed E-state index contributed by atoms with van der Waals surface area (Å²) in [5, 5.41) is 5.11. The zero-order valence-corrected chi connectivity index (χ0v) is 20.4. The third kappa shape index (κ3) is 5.79. The minimum Gasteiger partial charge on any atom is -0.483 e. The predicted molar refractivity (Wildman–Crippen MR) is 137 cm³/mol. The van der Waals surface area contributed by atoms with Crippen molar-refractivity contribution in [3.8, 4) is 5.75 Å². The summed E-state index contributed by atoms with van der Waals surface area (Å²) in [6.07, 6.45) is 1.38. The lowest BCUT2D eigenvalue weighted by molar-refractivity contribution is -0.122. The molecule has 1 fully saturated rings. The van der Waals surface area contributed by atoms with Crippen molar-refractivity contribution in [2.75, 3.05) is 16.8 Å². The number of hydrogen-bond acceptors (Lipinski definition) is 5. The highest BCUT2D eigenvalue weighted by Crippen LogP contribution is 2.28. The molecule has 3 amide bonds. The highest BCUT2D eigenvalue weighted by Gasteiger charge is 2.34. The van der Waals surface area contributed by atoms with E-state index in [4.69, 9.17) is 17.0 Å². The molecule has 10 heteroatoms. The van der Waals surface area contributed by atoms with Gasteiger partial charge in [-0.05, 0) is 72.9 Å². The number of para-hydroxylation sites is 1. The molecule has 0 aliphatic carbocycles. The number of halogens is 2. The Bertz CT molecular complexity index is 1350. The molecule has 0 aromatic heterocycles. The van der Waals surface area contributed by atoms with Gasteiger partial charge in [0, 0.05) is 15.7 Å². The summed E-state index contributed by atoms with van der Waals surface area (Å²) in [5.41, 5.74) is 1.17. The maximum atomic E-state index is 13.2. The van der Waals surface area contributed by atoms with Crippen LogP contribution in [0.3, 0.4) is 0 Å². The largest absolute Gasteiger partial charge is 0.483 e. The minimum atomic E-state index is -0.646. The molecule has 0 atom stereocenters. The first-order valence-electron chi connectivity index (χ1n) is 10.3. The Morgan fingerprint density at radius 1 is 1.09 bits per heavy atom. The molecule has 1 heterocycles. The molecule has 7 nitrogen and oxygen atoms in total. The zero-order valence-electron chi connectivity index (χ0n) is 18.0. The quantitative estimate of drug-likeness (QED) is 0.268. The van der Waals surface area contributed by atoms with E-state index >= 15 is 0 Å². The normalized spacial score (nSPS) is 14.6. The van der Waals surface area contributed by atoms with Gasteiger partial charge in [-0.1, -0.05) is 34.1 Å². The van der Waals surface area contributed by atoms with Crippen molar-refractivity contribution < 1.29 is 23.5 Å². The molecule has 4 rings (SSSR count). The van der Waals surface area contributed by atoms with Crippen LogP contribution in [0, 0.1) is 5.82 Å². The smallest absolute Gasteiger partial charge is 0.270 e. The number of ether oxygens (including phenoxy) is 1. The molecule has 0 radical (unpaired) electrons. The monoisotopic (exact) mass is 553 g/mol. The molecule has 3 aromatic rings. The van der Waals surface area contributed by atoms with Crippen molar-refractivity contribution >= 4 is 68.4 Å². The van der Waals surface area contributed by atoms with Crippen molar-refractivity contribution in [1.82, 2.24) is 5.32 Å². The highest BCUT2D eigenvalue weighted by atomic mass is 79.9. The first-order chi connectivity index (χ1) is 16.8. The molecule has 1 saturated heterocycles. The molecule has 35 heavy (non-hydrogen) atoms. The van der Waals surface area contributed by atoms with E-state index in [0.717, 1.165) is 0 Å². The predicted octanol–water partition coefficient (Wildman–Crippen LogP) is 4.44. The van der Waals surface area contributed by atoms with Crippen LogP contribution in [0.5, 0.6) is 5.75 Å². The topological polar surface area (TPSA) is 87.7 Å². The van der Waals surface area contributed by atoms with E-state index < -0.39 is 23.5 Å². The van der Waals surface area contributed by atoms with Gasteiger partial charge in [0.25, 0.3) is 17.7 Å². The second-order valence-corrected chi connectivity index (χ2v) is 8.62. The van der Waals surface area contributed by atoms with E-state index in [2.05, 4.69) is 26.6 Å². The van der Waals surface area contributed by atoms with Crippen LogP contribution in [0.25, 0.3) is 6.08 Å². The number of hydrogen-bond donors (Lipinski definition) is 2. The van der Waals surface area contributed by atoms with Gasteiger partial charge in [0.2, 0.25) is 0 Å². The van der Waals surface area contributed by atoms with Gasteiger partial charge in [0.05, 0.1) is 5.69 Å². The second kappa shape index (κ2) is 10.6. The van der Waals surface area contributed by atoms with Crippen LogP contribution in [0.1, 0.15) is 5.56 Å². The Labute approximate surface area is 213 Å². The number of thiocarbonyl (C=S) groups is 1. The van der Waals surface area contributed by atoms with Crippen LogP contribution in [0.15, 0.2) is 82.8 Å². The number of rotatable bonds is 6. The molecule has 1 aliphatic heterocycles. The first-order valence-corrected chi connectivity index (χ1v) is 11.5.